The van der Waals surface area contributed by atoms with E-state index in [1.807, 2.05) is 48.5 Å². The number of ether oxygens (including phenoxy) is 5. The number of nitrogens with zero attached hydrogens (tertiary/aromatic N) is 4. The number of methoxy groups -OCH3 is 4. The first-order valence-electron chi connectivity index (χ1n) is 13.0. The summed E-state index contributed by atoms with van der Waals surface area (Å²) in [5, 5.41) is 6.86. The van der Waals surface area contributed by atoms with Crippen LogP contribution in [0.25, 0.3) is 27.8 Å². The number of aromatic nitrogens is 4. The lowest BCUT2D eigenvalue weighted by molar-refractivity contribution is 0.354. The number of hydrogen-bond acceptors (Lipinski definition) is 8. The Labute approximate surface area is 235 Å². The van der Waals surface area contributed by atoms with E-state index in [0.717, 1.165) is 38.8 Å². The Morgan fingerprint density at radius 1 is 0.756 bits per heavy atom. The summed E-state index contributed by atoms with van der Waals surface area (Å²) >= 11 is 0. The van der Waals surface area contributed by atoms with Crippen LogP contribution in [0, 0.1) is 0 Å². The molecule has 1 atom stereocenters. The minimum atomic E-state index is -0.267. The maximum Gasteiger partial charge on any atom is 0.228 e. The van der Waals surface area contributed by atoms with Crippen molar-refractivity contribution in [3.05, 3.63) is 95.8 Å². The molecule has 0 aliphatic carbocycles. The van der Waals surface area contributed by atoms with Gasteiger partial charge < -0.3 is 23.7 Å². The lowest BCUT2D eigenvalue weighted by Crippen LogP contribution is -2.15. The summed E-state index contributed by atoms with van der Waals surface area (Å²) in [6.07, 6.45) is 1.63. The van der Waals surface area contributed by atoms with Crippen LogP contribution in [0.1, 0.15) is 22.6 Å². The Kier molecular flexibility index (Phi) is 5.85. The second-order valence-electron chi connectivity index (χ2n) is 9.59. The molecular weight excluding hydrogens is 520 g/mol. The smallest absolute Gasteiger partial charge is 0.228 e. The Hall–Kier alpha value is -5.31. The number of hydrogen-bond donors (Lipinski definition) is 0. The fraction of sp³-hybridized carbons (Fsp3) is 0.156. The van der Waals surface area contributed by atoms with Gasteiger partial charge in [0.25, 0.3) is 0 Å². The fourth-order valence-corrected chi connectivity index (χ4v) is 5.52. The first-order chi connectivity index (χ1) is 20.1. The molecule has 0 radical (unpaired) electrons. The van der Waals surface area contributed by atoms with E-state index in [2.05, 4.69) is 24.3 Å². The van der Waals surface area contributed by atoms with Gasteiger partial charge in [-0.2, -0.15) is 0 Å². The van der Waals surface area contributed by atoms with Crippen molar-refractivity contribution in [2.75, 3.05) is 28.4 Å². The van der Waals surface area contributed by atoms with E-state index in [0.29, 0.717) is 40.3 Å². The number of rotatable bonds is 6. The van der Waals surface area contributed by atoms with E-state index in [-0.39, 0.29) is 5.92 Å². The first kappa shape index (κ1) is 24.7. The summed E-state index contributed by atoms with van der Waals surface area (Å²) in [7, 11) is 6.47. The Bertz CT molecular complexity index is 1950. The minimum Gasteiger partial charge on any atom is -0.493 e. The molecule has 9 nitrogen and oxygen atoms in total. The van der Waals surface area contributed by atoms with Crippen LogP contribution in [0.15, 0.2) is 79.1 Å². The summed E-state index contributed by atoms with van der Waals surface area (Å²) in [5.74, 6) is 4.01. The highest BCUT2D eigenvalue weighted by molar-refractivity contribution is 5.91. The summed E-state index contributed by atoms with van der Waals surface area (Å²) in [5.41, 5.74) is 4.20. The van der Waals surface area contributed by atoms with Crippen molar-refractivity contribution in [1.82, 2.24) is 19.6 Å². The third-order valence-corrected chi connectivity index (χ3v) is 7.48. The van der Waals surface area contributed by atoms with Gasteiger partial charge in [0.05, 0.1) is 34.0 Å². The average molecular weight is 547 g/mol. The van der Waals surface area contributed by atoms with E-state index in [1.54, 1.807) is 39.3 Å². The zero-order valence-corrected chi connectivity index (χ0v) is 22.9. The third kappa shape index (κ3) is 3.88. The van der Waals surface area contributed by atoms with Crippen molar-refractivity contribution < 1.29 is 23.7 Å². The van der Waals surface area contributed by atoms with Gasteiger partial charge in [0.2, 0.25) is 5.88 Å². The molecule has 3 heterocycles. The van der Waals surface area contributed by atoms with Crippen molar-refractivity contribution in [1.29, 1.82) is 0 Å². The first-order valence-corrected chi connectivity index (χ1v) is 13.0. The second kappa shape index (κ2) is 9.71. The minimum absolute atomic E-state index is 0.267. The van der Waals surface area contributed by atoms with Crippen LogP contribution in [-0.2, 0) is 0 Å². The molecule has 0 fully saturated rings. The molecule has 0 saturated heterocycles. The van der Waals surface area contributed by atoms with Crippen LogP contribution in [0.3, 0.4) is 0 Å². The van der Waals surface area contributed by atoms with Crippen LogP contribution in [0.4, 0.5) is 0 Å². The molecule has 2 aromatic heterocycles. The maximum atomic E-state index is 6.55. The molecule has 1 aliphatic heterocycles. The molecule has 0 amide bonds. The Morgan fingerprint density at radius 3 is 2.27 bits per heavy atom. The largest absolute Gasteiger partial charge is 0.493 e. The molecule has 0 saturated carbocycles. The molecule has 0 bridgehead atoms. The van der Waals surface area contributed by atoms with Gasteiger partial charge in [0.15, 0.2) is 34.5 Å². The number of fused-ring (bicyclic) bond motifs is 6. The van der Waals surface area contributed by atoms with Gasteiger partial charge in [-0.05, 0) is 41.3 Å². The van der Waals surface area contributed by atoms with E-state index < -0.39 is 0 Å². The number of benzene rings is 4. The molecule has 204 valence electrons. The van der Waals surface area contributed by atoms with Crippen molar-refractivity contribution >= 4 is 16.4 Å². The summed E-state index contributed by atoms with van der Waals surface area (Å²) in [6, 6.07) is 23.9. The molecular formula is C32H26N4O5. The highest BCUT2D eigenvalue weighted by Crippen LogP contribution is 2.51. The highest BCUT2D eigenvalue weighted by Gasteiger charge is 2.35. The van der Waals surface area contributed by atoms with E-state index in [9.17, 15) is 0 Å². The summed E-state index contributed by atoms with van der Waals surface area (Å²) in [6.45, 7) is 0. The lowest BCUT2D eigenvalue weighted by atomic mass is 9.82. The molecule has 4 aromatic carbocycles. The van der Waals surface area contributed by atoms with Gasteiger partial charge in [-0.15, -0.1) is 5.10 Å². The lowest BCUT2D eigenvalue weighted by Gasteiger charge is -2.29. The quantitative estimate of drug-likeness (QED) is 0.241. The maximum absolute atomic E-state index is 6.55. The van der Waals surface area contributed by atoms with Crippen LogP contribution in [-0.4, -0.2) is 48.0 Å². The standard InChI is InChI=1S/C32H26N4O5/c1-37-23-13-10-19(15-25(23)39-3)27-22-12-9-18-7-5-6-8-21(18)29(22)41-32-28(27)31-34-30(35-36(31)17-33-32)20-11-14-24(38-2)26(16-20)40-4/h5-17,27H,1-4H3/t27-/m1/s1. The molecule has 1 aliphatic rings. The zero-order chi connectivity index (χ0) is 28.1. The normalized spacial score (nSPS) is 13.8. The second-order valence-corrected chi connectivity index (χ2v) is 9.59. The Balaban J connectivity index is 1.47. The van der Waals surface area contributed by atoms with Gasteiger partial charge >= 0.3 is 0 Å². The Morgan fingerprint density at radius 2 is 1.49 bits per heavy atom. The van der Waals surface area contributed by atoms with E-state index in [4.69, 9.17) is 38.8 Å². The molecule has 0 spiro atoms. The van der Waals surface area contributed by atoms with Gasteiger partial charge in [-0.25, -0.2) is 14.5 Å². The summed E-state index contributed by atoms with van der Waals surface area (Å²) in [4.78, 5) is 9.70. The van der Waals surface area contributed by atoms with E-state index in [1.165, 1.54) is 0 Å². The topological polar surface area (TPSA) is 89.2 Å². The highest BCUT2D eigenvalue weighted by atomic mass is 16.5. The SMILES string of the molecule is COc1ccc(-c2nc3c4c(ncn3n2)Oc2c(ccc3ccccc23)[C@H]4c2ccc(OC)c(OC)c2)cc1OC. The molecule has 7 rings (SSSR count). The molecule has 0 N–H and O–H groups in total. The van der Waals surface area contributed by atoms with Crippen LogP contribution < -0.4 is 23.7 Å². The predicted molar refractivity (Wildman–Crippen MR) is 154 cm³/mol. The van der Waals surface area contributed by atoms with Gasteiger partial charge in [0, 0.05) is 22.4 Å². The van der Waals surface area contributed by atoms with Crippen LogP contribution in [0.5, 0.6) is 34.6 Å². The van der Waals surface area contributed by atoms with Crippen molar-refractivity contribution in [2.24, 2.45) is 0 Å². The third-order valence-electron chi connectivity index (χ3n) is 7.48. The molecule has 41 heavy (non-hydrogen) atoms. The van der Waals surface area contributed by atoms with E-state index >= 15 is 0 Å². The van der Waals surface area contributed by atoms with Gasteiger partial charge in [-0.3, -0.25) is 0 Å². The predicted octanol–water partition coefficient (Wildman–Crippen LogP) is 6.26. The monoisotopic (exact) mass is 546 g/mol. The molecule has 6 aromatic rings. The van der Waals surface area contributed by atoms with Crippen LogP contribution >= 0.6 is 0 Å². The molecule has 9 heteroatoms. The fourth-order valence-electron chi connectivity index (χ4n) is 5.52. The van der Waals surface area contributed by atoms with Crippen molar-refractivity contribution in [3.63, 3.8) is 0 Å². The average Bonchev–Trinajstić information content (AvgIpc) is 3.47. The van der Waals surface area contributed by atoms with Crippen molar-refractivity contribution in [2.45, 2.75) is 5.92 Å². The summed E-state index contributed by atoms with van der Waals surface area (Å²) < 4.78 is 30.4. The molecule has 0 unspecified atom stereocenters. The zero-order valence-electron chi connectivity index (χ0n) is 22.9. The van der Waals surface area contributed by atoms with Gasteiger partial charge in [-0.1, -0.05) is 42.5 Å². The van der Waals surface area contributed by atoms with Gasteiger partial charge in [0.1, 0.15) is 12.1 Å². The van der Waals surface area contributed by atoms with Crippen LogP contribution in [0.2, 0.25) is 0 Å². The van der Waals surface area contributed by atoms with Crippen molar-refractivity contribution in [3.8, 4) is 46.0 Å².